The summed E-state index contributed by atoms with van der Waals surface area (Å²) in [5.74, 6) is 0. The van der Waals surface area contributed by atoms with Crippen molar-refractivity contribution in [2.75, 3.05) is 26.9 Å². The van der Waals surface area contributed by atoms with Gasteiger partial charge in [0.1, 0.15) is 0 Å². The first kappa shape index (κ1) is 6.88. The first-order valence-corrected chi connectivity index (χ1v) is 2.34. The molecule has 7 heavy (non-hydrogen) atoms. The Morgan fingerprint density at radius 3 is 2.86 bits per heavy atom. The molecule has 0 aromatic heterocycles. The van der Waals surface area contributed by atoms with Crippen molar-refractivity contribution in [3.63, 3.8) is 0 Å². The number of nitrogens with two attached hydrogens (primary N) is 1. The van der Waals surface area contributed by atoms with Crippen LogP contribution >= 0.6 is 0 Å². The van der Waals surface area contributed by atoms with Crippen molar-refractivity contribution < 1.29 is 4.74 Å². The Balaban J connectivity index is 2.45. The molecular weight excluding hydrogens is 92.1 g/mol. The van der Waals surface area contributed by atoms with Gasteiger partial charge in [0, 0.05) is 6.54 Å². The van der Waals surface area contributed by atoms with Crippen molar-refractivity contribution in [3.8, 4) is 0 Å². The van der Waals surface area contributed by atoms with E-state index in [0.717, 1.165) is 0 Å². The predicted molar refractivity (Wildman–Crippen MR) is 28.9 cm³/mol. The molecule has 44 valence electrons. The van der Waals surface area contributed by atoms with E-state index in [1.54, 1.807) is 0 Å². The van der Waals surface area contributed by atoms with Crippen LogP contribution in [-0.4, -0.2) is 26.9 Å². The van der Waals surface area contributed by atoms with E-state index in [2.05, 4.69) is 5.32 Å². The average molecular weight is 104 g/mol. The van der Waals surface area contributed by atoms with E-state index < -0.39 is 0 Å². The molecule has 3 N–H and O–H groups in total. The van der Waals surface area contributed by atoms with E-state index >= 15 is 0 Å². The summed E-state index contributed by atoms with van der Waals surface area (Å²) in [6.07, 6.45) is 0. The Kier molecular flexibility index (Phi) is 5.78. The monoisotopic (exact) mass is 104 g/mol. The average Bonchev–Trinajstić information content (AvgIpc) is 1.69. The van der Waals surface area contributed by atoms with Crippen LogP contribution in [0.25, 0.3) is 0 Å². The van der Waals surface area contributed by atoms with Gasteiger partial charge in [0.2, 0.25) is 0 Å². The maximum absolute atomic E-state index is 5.12. The van der Waals surface area contributed by atoms with Crippen molar-refractivity contribution in [2.24, 2.45) is 5.73 Å². The fourth-order valence-corrected chi connectivity index (χ4v) is 0.258. The number of hydrogen-bond donors (Lipinski definition) is 2. The third-order valence-electron chi connectivity index (χ3n) is 0.509. The first-order valence-electron chi connectivity index (χ1n) is 2.34. The molecule has 0 aromatic carbocycles. The fourth-order valence-electron chi connectivity index (χ4n) is 0.258. The molecule has 0 aromatic rings. The molecular formula is C4H12N2O. The molecule has 0 saturated carbocycles. The maximum atomic E-state index is 5.12. The lowest BCUT2D eigenvalue weighted by atomic mass is 10.7. The van der Waals surface area contributed by atoms with Crippen LogP contribution in [0.1, 0.15) is 0 Å². The molecule has 0 aliphatic carbocycles. The quantitative estimate of drug-likeness (QED) is 0.360. The second-order valence-electron chi connectivity index (χ2n) is 1.19. The summed E-state index contributed by atoms with van der Waals surface area (Å²) in [4.78, 5) is 0. The Morgan fingerprint density at radius 2 is 2.43 bits per heavy atom. The molecule has 0 bridgehead atoms. The topological polar surface area (TPSA) is 47.3 Å². The Bertz CT molecular complexity index is 28.9. The summed E-state index contributed by atoms with van der Waals surface area (Å²) in [6, 6.07) is 0. The van der Waals surface area contributed by atoms with Crippen LogP contribution in [0, 0.1) is 0 Å². The van der Waals surface area contributed by atoms with Crippen LogP contribution in [0.4, 0.5) is 0 Å². The molecule has 0 rings (SSSR count). The highest BCUT2D eigenvalue weighted by Gasteiger charge is 1.76. The third kappa shape index (κ3) is 5.88. The molecule has 0 amide bonds. The van der Waals surface area contributed by atoms with Crippen LogP contribution in [-0.2, 0) is 4.74 Å². The van der Waals surface area contributed by atoms with Crippen molar-refractivity contribution in [3.05, 3.63) is 0 Å². The highest BCUT2D eigenvalue weighted by molar-refractivity contribution is 4.26. The molecule has 0 heterocycles. The van der Waals surface area contributed by atoms with E-state index in [1.807, 2.05) is 7.05 Å². The van der Waals surface area contributed by atoms with E-state index in [4.69, 9.17) is 10.5 Å². The van der Waals surface area contributed by atoms with Gasteiger partial charge in [0.25, 0.3) is 0 Å². The van der Waals surface area contributed by atoms with Gasteiger partial charge in [-0.05, 0) is 7.05 Å². The van der Waals surface area contributed by atoms with Crippen LogP contribution in [0.5, 0.6) is 0 Å². The summed E-state index contributed by atoms with van der Waals surface area (Å²) < 4.78 is 4.90. The minimum atomic E-state index is 0.594. The van der Waals surface area contributed by atoms with Crippen LogP contribution < -0.4 is 11.1 Å². The first-order chi connectivity index (χ1) is 3.41. The predicted octanol–water partition coefficient (Wildman–Crippen LogP) is -0.861. The SMILES string of the molecule is CNCOCCN. The molecule has 0 aliphatic heterocycles. The van der Waals surface area contributed by atoms with E-state index in [0.29, 0.717) is 19.9 Å². The summed E-state index contributed by atoms with van der Waals surface area (Å²) in [5, 5.41) is 2.82. The number of rotatable bonds is 4. The molecule has 0 aliphatic rings. The standard InChI is InChI=1S/C4H12N2O/c1-6-4-7-3-2-5/h6H,2-5H2,1H3. The molecule has 0 radical (unpaired) electrons. The zero-order chi connectivity index (χ0) is 5.54. The fraction of sp³-hybridized carbons (Fsp3) is 1.00. The number of hydrogen-bond acceptors (Lipinski definition) is 3. The van der Waals surface area contributed by atoms with Gasteiger partial charge in [0.05, 0.1) is 13.3 Å². The number of ether oxygens (including phenoxy) is 1. The van der Waals surface area contributed by atoms with Crippen LogP contribution in [0.3, 0.4) is 0 Å². The van der Waals surface area contributed by atoms with Crippen molar-refractivity contribution in [1.82, 2.24) is 5.32 Å². The summed E-state index contributed by atoms with van der Waals surface area (Å²) in [6.45, 7) is 1.83. The van der Waals surface area contributed by atoms with Crippen molar-refractivity contribution >= 4 is 0 Å². The van der Waals surface area contributed by atoms with Gasteiger partial charge in [-0.15, -0.1) is 0 Å². The van der Waals surface area contributed by atoms with Crippen molar-refractivity contribution in [2.45, 2.75) is 0 Å². The molecule has 0 fully saturated rings. The van der Waals surface area contributed by atoms with E-state index in [1.165, 1.54) is 0 Å². The van der Waals surface area contributed by atoms with E-state index in [9.17, 15) is 0 Å². The smallest absolute Gasteiger partial charge is 0.0963 e. The van der Waals surface area contributed by atoms with Gasteiger partial charge < -0.3 is 10.5 Å². The molecule has 0 saturated heterocycles. The highest BCUT2D eigenvalue weighted by atomic mass is 16.5. The largest absolute Gasteiger partial charge is 0.365 e. The molecule has 3 nitrogen and oxygen atoms in total. The third-order valence-corrected chi connectivity index (χ3v) is 0.509. The van der Waals surface area contributed by atoms with Gasteiger partial charge >= 0.3 is 0 Å². The molecule has 0 unspecified atom stereocenters. The number of nitrogens with one attached hydrogen (secondary N) is 1. The Labute approximate surface area is 43.8 Å². The van der Waals surface area contributed by atoms with E-state index in [-0.39, 0.29) is 0 Å². The normalized spacial score (nSPS) is 9.43. The minimum absolute atomic E-state index is 0.594. The van der Waals surface area contributed by atoms with Gasteiger partial charge in [-0.1, -0.05) is 0 Å². The summed E-state index contributed by atoms with van der Waals surface area (Å²) in [5.41, 5.74) is 5.12. The Hall–Kier alpha value is -0.120. The zero-order valence-corrected chi connectivity index (χ0v) is 4.61. The van der Waals surface area contributed by atoms with Gasteiger partial charge in [-0.3, -0.25) is 5.32 Å². The van der Waals surface area contributed by atoms with Crippen LogP contribution in [0.2, 0.25) is 0 Å². The van der Waals surface area contributed by atoms with Crippen molar-refractivity contribution in [1.29, 1.82) is 0 Å². The Morgan fingerprint density at radius 1 is 1.71 bits per heavy atom. The second-order valence-corrected chi connectivity index (χ2v) is 1.19. The molecule has 0 spiro atoms. The van der Waals surface area contributed by atoms with Crippen LogP contribution in [0.15, 0.2) is 0 Å². The molecule has 3 heteroatoms. The highest BCUT2D eigenvalue weighted by Crippen LogP contribution is 1.62. The van der Waals surface area contributed by atoms with Gasteiger partial charge in [0.15, 0.2) is 0 Å². The maximum Gasteiger partial charge on any atom is 0.0963 e. The zero-order valence-electron chi connectivity index (χ0n) is 4.61. The lowest BCUT2D eigenvalue weighted by molar-refractivity contribution is 0.129. The van der Waals surface area contributed by atoms with Gasteiger partial charge in [-0.2, -0.15) is 0 Å². The lowest BCUT2D eigenvalue weighted by Crippen LogP contribution is -2.16. The summed E-state index contributed by atoms with van der Waals surface area (Å²) in [7, 11) is 1.83. The minimum Gasteiger partial charge on any atom is -0.365 e. The lowest BCUT2D eigenvalue weighted by Gasteiger charge is -1.97. The summed E-state index contributed by atoms with van der Waals surface area (Å²) >= 11 is 0. The second kappa shape index (κ2) is 5.88. The van der Waals surface area contributed by atoms with Gasteiger partial charge in [-0.25, -0.2) is 0 Å². The molecule has 0 atom stereocenters.